The summed E-state index contributed by atoms with van der Waals surface area (Å²) in [7, 11) is 0. The molecule has 0 saturated carbocycles. The summed E-state index contributed by atoms with van der Waals surface area (Å²) < 4.78 is 13.1. The van der Waals surface area contributed by atoms with Crippen molar-refractivity contribution in [2.75, 3.05) is 5.32 Å². The molecule has 0 aliphatic carbocycles. The van der Waals surface area contributed by atoms with E-state index in [2.05, 4.69) is 29.7 Å². The highest BCUT2D eigenvalue weighted by molar-refractivity contribution is 7.80. The maximum Gasteiger partial charge on any atom is 0.171 e. The molecule has 2 N–H and O–H groups in total. The predicted octanol–water partition coefficient (Wildman–Crippen LogP) is 4.84. The van der Waals surface area contributed by atoms with Gasteiger partial charge in [0.1, 0.15) is 5.82 Å². The van der Waals surface area contributed by atoms with Crippen LogP contribution in [0.2, 0.25) is 5.02 Å². The molecule has 0 fully saturated rings. The minimum Gasteiger partial charge on any atom is -0.356 e. The van der Waals surface area contributed by atoms with E-state index in [4.69, 9.17) is 23.8 Å². The van der Waals surface area contributed by atoms with Crippen LogP contribution in [0.5, 0.6) is 0 Å². The van der Waals surface area contributed by atoms with Crippen molar-refractivity contribution in [1.29, 1.82) is 0 Å². The molecule has 0 aliphatic rings. The van der Waals surface area contributed by atoms with E-state index in [9.17, 15) is 4.39 Å². The molecule has 110 valence electrons. The number of anilines is 1. The third-order valence-electron chi connectivity index (χ3n) is 3.18. The van der Waals surface area contributed by atoms with E-state index in [1.165, 1.54) is 23.3 Å². The van der Waals surface area contributed by atoms with Gasteiger partial charge >= 0.3 is 0 Å². The number of benzene rings is 2. The van der Waals surface area contributed by atoms with Crippen LogP contribution in [0.25, 0.3) is 0 Å². The van der Waals surface area contributed by atoms with Crippen molar-refractivity contribution < 1.29 is 4.39 Å². The average molecular weight is 323 g/mol. The summed E-state index contributed by atoms with van der Waals surface area (Å²) in [5.74, 6) is -0.450. The molecule has 0 spiro atoms. The summed E-state index contributed by atoms with van der Waals surface area (Å²) in [5.41, 5.74) is 3.03. The van der Waals surface area contributed by atoms with Crippen LogP contribution in [0.3, 0.4) is 0 Å². The molecule has 2 nitrogen and oxygen atoms in total. The Balaban J connectivity index is 2.01. The Hall–Kier alpha value is -1.65. The largest absolute Gasteiger partial charge is 0.356 e. The quantitative estimate of drug-likeness (QED) is 0.791. The van der Waals surface area contributed by atoms with Gasteiger partial charge in [-0.2, -0.15) is 0 Å². The van der Waals surface area contributed by atoms with Crippen molar-refractivity contribution in [1.82, 2.24) is 5.32 Å². The minimum atomic E-state index is -0.450. The third kappa shape index (κ3) is 4.16. The van der Waals surface area contributed by atoms with Crippen molar-refractivity contribution in [2.24, 2.45) is 0 Å². The maximum atomic E-state index is 13.1. The molecule has 0 aromatic heterocycles. The topological polar surface area (TPSA) is 24.1 Å². The molecule has 0 bridgehead atoms. The number of nitrogens with one attached hydrogen (secondary N) is 2. The third-order valence-corrected chi connectivity index (χ3v) is 3.69. The van der Waals surface area contributed by atoms with Crippen LogP contribution >= 0.6 is 23.8 Å². The zero-order chi connectivity index (χ0) is 15.4. The summed E-state index contributed by atoms with van der Waals surface area (Å²) in [6.45, 7) is 4.09. The van der Waals surface area contributed by atoms with E-state index in [1.807, 2.05) is 19.1 Å². The molecule has 2 rings (SSSR count). The second kappa shape index (κ2) is 6.87. The normalized spacial score (nSPS) is 11.8. The summed E-state index contributed by atoms with van der Waals surface area (Å²) in [5, 5.41) is 6.73. The first-order valence-electron chi connectivity index (χ1n) is 6.55. The number of hydrogen-bond acceptors (Lipinski definition) is 1. The monoisotopic (exact) mass is 322 g/mol. The molecule has 0 amide bonds. The standard InChI is InChI=1S/C16H16ClFN2S/c1-10-5-3-4-6-13(10)11(2)19-16(21)20-12-7-8-15(18)14(17)9-12/h3-9,11H,1-2H3,(H2,19,20,21)/t11-/m1/s1. The zero-order valence-corrected chi connectivity index (χ0v) is 13.4. The summed E-state index contributed by atoms with van der Waals surface area (Å²) in [6.07, 6.45) is 0. The van der Waals surface area contributed by atoms with E-state index < -0.39 is 5.82 Å². The van der Waals surface area contributed by atoms with Crippen LogP contribution in [0.4, 0.5) is 10.1 Å². The fraction of sp³-hybridized carbons (Fsp3) is 0.188. The smallest absolute Gasteiger partial charge is 0.171 e. The molecular formula is C16H16ClFN2S. The second-order valence-corrected chi connectivity index (χ2v) is 5.62. The van der Waals surface area contributed by atoms with Gasteiger partial charge in [-0.1, -0.05) is 35.9 Å². The van der Waals surface area contributed by atoms with Crippen LogP contribution < -0.4 is 10.6 Å². The number of hydrogen-bond donors (Lipinski definition) is 2. The first-order chi connectivity index (χ1) is 9.97. The fourth-order valence-electron chi connectivity index (χ4n) is 2.09. The number of halogens is 2. The SMILES string of the molecule is Cc1ccccc1[C@@H](C)NC(=S)Nc1ccc(F)c(Cl)c1. The van der Waals surface area contributed by atoms with E-state index in [1.54, 1.807) is 6.07 Å². The Bertz CT molecular complexity index is 660. The molecule has 0 saturated heterocycles. The molecule has 0 unspecified atom stereocenters. The summed E-state index contributed by atoms with van der Waals surface area (Å²) >= 11 is 11.0. The van der Waals surface area contributed by atoms with Gasteiger partial charge in [-0.05, 0) is 55.4 Å². The molecule has 0 heterocycles. The molecular weight excluding hydrogens is 307 g/mol. The average Bonchev–Trinajstić information content (AvgIpc) is 2.43. The van der Waals surface area contributed by atoms with E-state index >= 15 is 0 Å². The molecule has 2 aromatic carbocycles. The summed E-state index contributed by atoms with van der Waals surface area (Å²) in [6, 6.07) is 12.6. The van der Waals surface area contributed by atoms with Gasteiger partial charge in [0.05, 0.1) is 11.1 Å². The van der Waals surface area contributed by atoms with Gasteiger partial charge in [-0.25, -0.2) is 4.39 Å². The van der Waals surface area contributed by atoms with Gasteiger partial charge in [0.25, 0.3) is 0 Å². The number of aryl methyl sites for hydroxylation is 1. The van der Waals surface area contributed by atoms with Crippen LogP contribution in [0.1, 0.15) is 24.1 Å². The van der Waals surface area contributed by atoms with E-state index in [0.29, 0.717) is 10.8 Å². The van der Waals surface area contributed by atoms with Gasteiger partial charge in [0.2, 0.25) is 0 Å². The fourth-order valence-corrected chi connectivity index (χ4v) is 2.56. The van der Waals surface area contributed by atoms with Crippen molar-refractivity contribution >= 4 is 34.6 Å². The Morgan fingerprint density at radius 2 is 1.95 bits per heavy atom. The van der Waals surface area contributed by atoms with Crippen LogP contribution in [0.15, 0.2) is 42.5 Å². The highest BCUT2D eigenvalue weighted by Crippen LogP contribution is 2.20. The highest BCUT2D eigenvalue weighted by Gasteiger charge is 2.09. The first kappa shape index (κ1) is 15.7. The molecule has 21 heavy (non-hydrogen) atoms. The van der Waals surface area contributed by atoms with Gasteiger partial charge < -0.3 is 10.6 Å². The molecule has 1 atom stereocenters. The maximum absolute atomic E-state index is 13.1. The molecule has 2 aromatic rings. The van der Waals surface area contributed by atoms with Gasteiger partial charge in [-0.15, -0.1) is 0 Å². The Labute approximate surface area is 134 Å². The Morgan fingerprint density at radius 3 is 2.62 bits per heavy atom. The lowest BCUT2D eigenvalue weighted by atomic mass is 10.0. The molecule has 0 radical (unpaired) electrons. The van der Waals surface area contributed by atoms with Gasteiger partial charge in [0.15, 0.2) is 5.11 Å². The summed E-state index contributed by atoms with van der Waals surface area (Å²) in [4.78, 5) is 0. The second-order valence-electron chi connectivity index (χ2n) is 4.81. The molecule has 0 aliphatic heterocycles. The Morgan fingerprint density at radius 1 is 1.24 bits per heavy atom. The van der Waals surface area contributed by atoms with Crippen molar-refractivity contribution in [3.05, 3.63) is 64.4 Å². The van der Waals surface area contributed by atoms with Gasteiger partial charge in [-0.3, -0.25) is 0 Å². The lowest BCUT2D eigenvalue weighted by Gasteiger charge is -2.19. The predicted molar refractivity (Wildman–Crippen MR) is 90.4 cm³/mol. The number of thiocarbonyl (C=S) groups is 1. The highest BCUT2D eigenvalue weighted by atomic mass is 35.5. The lowest BCUT2D eigenvalue weighted by molar-refractivity contribution is 0.628. The minimum absolute atomic E-state index is 0.0646. The van der Waals surface area contributed by atoms with Crippen LogP contribution in [0, 0.1) is 12.7 Å². The zero-order valence-electron chi connectivity index (χ0n) is 11.8. The first-order valence-corrected chi connectivity index (χ1v) is 7.34. The number of rotatable bonds is 3. The van der Waals surface area contributed by atoms with Crippen molar-refractivity contribution in [2.45, 2.75) is 19.9 Å². The Kier molecular flexibility index (Phi) is 5.15. The van der Waals surface area contributed by atoms with Gasteiger partial charge in [0, 0.05) is 5.69 Å². The molecule has 5 heteroatoms. The van der Waals surface area contributed by atoms with E-state index in [-0.39, 0.29) is 11.1 Å². The van der Waals surface area contributed by atoms with E-state index in [0.717, 1.165) is 0 Å². The van der Waals surface area contributed by atoms with Crippen LogP contribution in [-0.4, -0.2) is 5.11 Å². The van der Waals surface area contributed by atoms with Crippen molar-refractivity contribution in [3.8, 4) is 0 Å². The lowest BCUT2D eigenvalue weighted by Crippen LogP contribution is -2.31. The van der Waals surface area contributed by atoms with Crippen molar-refractivity contribution in [3.63, 3.8) is 0 Å². The van der Waals surface area contributed by atoms with Crippen LogP contribution in [-0.2, 0) is 0 Å².